The van der Waals surface area contributed by atoms with Gasteiger partial charge in [-0.25, -0.2) is 9.18 Å². The van der Waals surface area contributed by atoms with Crippen LogP contribution in [0.3, 0.4) is 0 Å². The van der Waals surface area contributed by atoms with Crippen LogP contribution in [0, 0.1) is 5.82 Å². The van der Waals surface area contributed by atoms with Gasteiger partial charge in [0.05, 0.1) is 17.0 Å². The van der Waals surface area contributed by atoms with E-state index < -0.39 is 17.7 Å². The average Bonchev–Trinajstić information content (AvgIpc) is 2.84. The van der Waals surface area contributed by atoms with Crippen molar-refractivity contribution < 1.29 is 23.9 Å². The highest BCUT2D eigenvalue weighted by Gasteiger charge is 2.17. The minimum absolute atomic E-state index is 0.0399. The smallest absolute Gasteiger partial charge is 0.336 e. The molecule has 35 heavy (non-hydrogen) atoms. The molecule has 3 N–H and O–H groups in total. The molecule has 0 aliphatic rings. The van der Waals surface area contributed by atoms with Crippen molar-refractivity contribution in [3.8, 4) is 0 Å². The molecule has 176 valence electrons. The van der Waals surface area contributed by atoms with Crippen LogP contribution in [-0.4, -0.2) is 28.6 Å². The third-order valence-electron chi connectivity index (χ3n) is 5.05. The van der Waals surface area contributed by atoms with Crippen molar-refractivity contribution in [3.63, 3.8) is 0 Å². The number of benzene rings is 4. The largest absolute Gasteiger partial charge is 0.478 e. The lowest BCUT2D eigenvalue weighted by Gasteiger charge is -2.11. The molecule has 4 aromatic rings. The second-order valence-electron chi connectivity index (χ2n) is 7.46. The number of amides is 2. The summed E-state index contributed by atoms with van der Waals surface area (Å²) in [7, 11) is 0. The average molecular weight is 553 g/mol. The van der Waals surface area contributed by atoms with Gasteiger partial charge in [-0.1, -0.05) is 46.3 Å². The van der Waals surface area contributed by atoms with Crippen molar-refractivity contribution in [2.75, 3.05) is 16.4 Å². The van der Waals surface area contributed by atoms with Crippen LogP contribution in [0.25, 0.3) is 10.8 Å². The molecule has 0 saturated heterocycles. The molecule has 4 aromatic carbocycles. The summed E-state index contributed by atoms with van der Waals surface area (Å²) in [5.41, 5.74) is 0.875. The maximum atomic E-state index is 13.9. The Morgan fingerprint density at radius 1 is 0.886 bits per heavy atom. The van der Waals surface area contributed by atoms with Crippen molar-refractivity contribution in [2.45, 2.75) is 4.90 Å². The van der Waals surface area contributed by atoms with E-state index in [9.17, 15) is 23.9 Å². The van der Waals surface area contributed by atoms with E-state index in [2.05, 4.69) is 26.6 Å². The molecule has 0 fully saturated rings. The SMILES string of the molecule is O=C(CSc1cccc(NC(=O)c2cccc3cccc(C(=O)O)c23)c1)Nc1ccc(Br)cc1F. The normalized spacial score (nSPS) is 10.7. The summed E-state index contributed by atoms with van der Waals surface area (Å²) in [6, 6.07) is 21.2. The summed E-state index contributed by atoms with van der Waals surface area (Å²) < 4.78 is 14.5. The second kappa shape index (κ2) is 10.7. The Balaban J connectivity index is 1.46. The number of rotatable bonds is 7. The summed E-state index contributed by atoms with van der Waals surface area (Å²) in [5.74, 6) is -2.44. The molecule has 0 bridgehead atoms. The molecule has 0 heterocycles. The van der Waals surface area contributed by atoms with Crippen LogP contribution in [-0.2, 0) is 4.79 Å². The Bertz CT molecular complexity index is 1460. The number of hydrogen-bond acceptors (Lipinski definition) is 4. The fraction of sp³-hybridized carbons (Fsp3) is 0.0385. The number of carbonyl (C=O) groups is 3. The van der Waals surface area contributed by atoms with Crippen molar-refractivity contribution in [1.82, 2.24) is 0 Å². The molecule has 0 unspecified atom stereocenters. The predicted molar refractivity (Wildman–Crippen MR) is 139 cm³/mol. The van der Waals surface area contributed by atoms with Crippen LogP contribution in [0.2, 0.25) is 0 Å². The third-order valence-corrected chi connectivity index (χ3v) is 6.53. The van der Waals surface area contributed by atoms with Crippen LogP contribution in [0.5, 0.6) is 0 Å². The molecule has 4 rings (SSSR count). The molecule has 9 heteroatoms. The quantitative estimate of drug-likeness (QED) is 0.230. The molecule has 2 amide bonds. The summed E-state index contributed by atoms with van der Waals surface area (Å²) >= 11 is 4.40. The number of carbonyl (C=O) groups excluding carboxylic acids is 2. The Kier molecular flexibility index (Phi) is 7.48. The van der Waals surface area contributed by atoms with E-state index in [1.54, 1.807) is 60.7 Å². The second-order valence-corrected chi connectivity index (χ2v) is 9.42. The number of carboxylic acids is 1. The van der Waals surface area contributed by atoms with E-state index in [0.717, 1.165) is 4.90 Å². The van der Waals surface area contributed by atoms with Crippen LogP contribution < -0.4 is 10.6 Å². The van der Waals surface area contributed by atoms with Crippen LogP contribution in [0.4, 0.5) is 15.8 Å². The minimum atomic E-state index is -1.12. The van der Waals surface area contributed by atoms with E-state index >= 15 is 0 Å². The van der Waals surface area contributed by atoms with Gasteiger partial charge in [0.2, 0.25) is 5.91 Å². The van der Waals surface area contributed by atoms with Crippen molar-refractivity contribution in [3.05, 3.63) is 100 Å². The molecule has 0 spiro atoms. The lowest BCUT2D eigenvalue weighted by molar-refractivity contribution is -0.113. The molecular weight excluding hydrogens is 535 g/mol. The number of aromatic carboxylic acids is 1. The topological polar surface area (TPSA) is 95.5 Å². The first-order valence-electron chi connectivity index (χ1n) is 10.4. The van der Waals surface area contributed by atoms with Gasteiger partial charge in [0.1, 0.15) is 5.82 Å². The Hall–Kier alpha value is -3.69. The zero-order valence-electron chi connectivity index (χ0n) is 18.0. The Morgan fingerprint density at radius 3 is 2.31 bits per heavy atom. The van der Waals surface area contributed by atoms with Gasteiger partial charge < -0.3 is 15.7 Å². The monoisotopic (exact) mass is 552 g/mol. The minimum Gasteiger partial charge on any atom is -0.478 e. The van der Waals surface area contributed by atoms with Crippen LogP contribution >= 0.6 is 27.7 Å². The Morgan fingerprint density at radius 2 is 1.60 bits per heavy atom. The number of hydrogen-bond donors (Lipinski definition) is 3. The zero-order valence-corrected chi connectivity index (χ0v) is 20.5. The van der Waals surface area contributed by atoms with Crippen molar-refractivity contribution >= 4 is 67.6 Å². The van der Waals surface area contributed by atoms with E-state index in [4.69, 9.17) is 0 Å². The number of halogens is 2. The van der Waals surface area contributed by atoms with E-state index in [0.29, 0.717) is 20.9 Å². The third kappa shape index (κ3) is 5.87. The van der Waals surface area contributed by atoms with Crippen LogP contribution in [0.15, 0.2) is 88.2 Å². The number of anilines is 2. The standard InChI is InChI=1S/C26H18BrFN2O4S/c27-16-10-11-22(21(28)12-16)30-23(31)14-35-18-7-3-6-17(13-18)29-25(32)19-8-1-4-15-5-2-9-20(24(15)19)26(33)34/h1-13H,14H2,(H,29,32)(H,30,31)(H,33,34). The van der Waals surface area contributed by atoms with Gasteiger partial charge in [-0.3, -0.25) is 9.59 Å². The highest BCUT2D eigenvalue weighted by molar-refractivity contribution is 9.10. The molecule has 6 nitrogen and oxygen atoms in total. The first-order valence-corrected chi connectivity index (χ1v) is 12.1. The van der Waals surface area contributed by atoms with E-state index in [1.165, 1.54) is 30.0 Å². The number of carboxylic acid groups (broad SMARTS) is 1. The van der Waals surface area contributed by atoms with E-state index in [-0.39, 0.29) is 28.5 Å². The summed E-state index contributed by atoms with van der Waals surface area (Å²) in [5, 5.41) is 15.9. The van der Waals surface area contributed by atoms with Gasteiger partial charge in [0.15, 0.2) is 0 Å². The molecule has 0 radical (unpaired) electrons. The van der Waals surface area contributed by atoms with Gasteiger partial charge in [-0.15, -0.1) is 11.8 Å². The number of thioether (sulfide) groups is 1. The first-order chi connectivity index (χ1) is 16.8. The number of nitrogens with one attached hydrogen (secondary N) is 2. The molecule has 0 aliphatic carbocycles. The van der Waals surface area contributed by atoms with Gasteiger partial charge in [0, 0.05) is 26.0 Å². The summed E-state index contributed by atoms with van der Waals surface area (Å²) in [6.07, 6.45) is 0. The van der Waals surface area contributed by atoms with Crippen molar-refractivity contribution in [1.29, 1.82) is 0 Å². The molecule has 0 aromatic heterocycles. The Labute approximate surface area is 212 Å². The molecule has 0 aliphatic heterocycles. The summed E-state index contributed by atoms with van der Waals surface area (Å²) in [4.78, 5) is 37.7. The molecule has 0 atom stereocenters. The highest BCUT2D eigenvalue weighted by atomic mass is 79.9. The molecule has 0 saturated carbocycles. The van der Waals surface area contributed by atoms with Crippen LogP contribution in [0.1, 0.15) is 20.7 Å². The fourth-order valence-electron chi connectivity index (χ4n) is 3.50. The lowest BCUT2D eigenvalue weighted by Crippen LogP contribution is -2.15. The first kappa shape index (κ1) is 24.4. The zero-order chi connectivity index (χ0) is 24.9. The van der Waals surface area contributed by atoms with Crippen molar-refractivity contribution in [2.24, 2.45) is 0 Å². The van der Waals surface area contributed by atoms with Gasteiger partial charge in [0.25, 0.3) is 5.91 Å². The maximum Gasteiger partial charge on any atom is 0.336 e. The number of fused-ring (bicyclic) bond motifs is 1. The lowest BCUT2D eigenvalue weighted by atomic mass is 9.98. The van der Waals surface area contributed by atoms with Gasteiger partial charge >= 0.3 is 5.97 Å². The highest BCUT2D eigenvalue weighted by Crippen LogP contribution is 2.26. The van der Waals surface area contributed by atoms with E-state index in [1.807, 2.05) is 0 Å². The van der Waals surface area contributed by atoms with Gasteiger partial charge in [-0.2, -0.15) is 0 Å². The maximum absolute atomic E-state index is 13.9. The fourth-order valence-corrected chi connectivity index (χ4v) is 4.58. The summed E-state index contributed by atoms with van der Waals surface area (Å²) in [6.45, 7) is 0. The molecular formula is C26H18BrFN2O4S. The van der Waals surface area contributed by atoms with Gasteiger partial charge in [-0.05, 0) is 53.9 Å². The predicted octanol–water partition coefficient (Wildman–Crippen LogP) is 6.42.